The summed E-state index contributed by atoms with van der Waals surface area (Å²) in [6, 6.07) is 0. The second-order valence-corrected chi connectivity index (χ2v) is 10.2. The van der Waals surface area contributed by atoms with Gasteiger partial charge in [0.1, 0.15) is 0 Å². The minimum absolute atomic E-state index is 7.68. The standard InChI is InChI=1S/2C4F9.O.Sn/c2*5-1(6)2(7,8)3(9,10)4(11,12)13;;. The van der Waals surface area contributed by atoms with E-state index in [0.717, 1.165) is 0 Å². The minimum atomic E-state index is -9.33. The molecule has 0 saturated heterocycles. The Balaban J connectivity index is 6.54. The van der Waals surface area contributed by atoms with Crippen molar-refractivity contribution in [2.75, 3.05) is 0 Å². The molecule has 0 aliphatic rings. The normalized spacial score (nSPS) is 16.4. The first-order chi connectivity index (χ1) is 11.7. The van der Waals surface area contributed by atoms with Gasteiger partial charge in [-0.3, -0.25) is 0 Å². The zero-order chi connectivity index (χ0) is 23.6. The van der Waals surface area contributed by atoms with Crippen molar-refractivity contribution in [3.8, 4) is 0 Å². The van der Waals surface area contributed by atoms with E-state index in [1.807, 2.05) is 0 Å². The van der Waals surface area contributed by atoms with Crippen LogP contribution in [0.25, 0.3) is 0 Å². The van der Waals surface area contributed by atoms with Crippen molar-refractivity contribution in [3.05, 3.63) is 0 Å². The van der Waals surface area contributed by atoms with E-state index in [4.69, 9.17) is 0 Å². The number of hydrogen-bond acceptors (Lipinski definition) is 1. The molecule has 0 saturated carbocycles. The molecule has 28 heavy (non-hydrogen) atoms. The predicted octanol–water partition coefficient (Wildman–Crippen LogP) is 5.42. The van der Waals surface area contributed by atoms with Crippen LogP contribution in [-0.4, -0.2) is 63.7 Å². The van der Waals surface area contributed by atoms with Gasteiger partial charge < -0.3 is 0 Å². The zero-order valence-corrected chi connectivity index (χ0v) is 14.6. The van der Waals surface area contributed by atoms with Gasteiger partial charge in [0.15, 0.2) is 0 Å². The van der Waals surface area contributed by atoms with Crippen LogP contribution in [0.15, 0.2) is 0 Å². The van der Waals surface area contributed by atoms with Gasteiger partial charge >= 0.3 is 146 Å². The fourth-order valence-corrected chi connectivity index (χ4v) is 4.88. The predicted molar refractivity (Wildman–Crippen MR) is 48.2 cm³/mol. The third kappa shape index (κ3) is 3.52. The maximum atomic E-state index is 13.0. The van der Waals surface area contributed by atoms with Gasteiger partial charge in [0.25, 0.3) is 0 Å². The van der Waals surface area contributed by atoms with Crippen molar-refractivity contribution >= 4 is 19.7 Å². The molecule has 0 heterocycles. The average Bonchev–Trinajstić information content (AvgIpc) is 2.42. The molecule has 0 aromatic heterocycles. The Labute approximate surface area is 146 Å². The van der Waals surface area contributed by atoms with Crippen molar-refractivity contribution in [1.29, 1.82) is 0 Å². The molecule has 0 aliphatic heterocycles. The van der Waals surface area contributed by atoms with Crippen LogP contribution in [0.4, 0.5) is 79.0 Å². The zero-order valence-electron chi connectivity index (χ0n) is 11.7. The number of rotatable bonds is 6. The Hall–Kier alpha value is -0.661. The third-order valence-electron chi connectivity index (χ3n) is 2.86. The SMILES string of the molecule is [O]=[Sn]([C](F)(F)C(F)(F)C(F)(F)C(F)(F)F)[C](F)(F)C(F)(F)C(F)(F)C(F)(F)F. The van der Waals surface area contributed by atoms with Gasteiger partial charge in [-0.2, -0.15) is 0 Å². The molecule has 0 rings (SSSR count). The third-order valence-corrected chi connectivity index (χ3v) is 7.91. The maximum absolute atomic E-state index is 13.0. The Kier molecular flexibility index (Phi) is 6.52. The van der Waals surface area contributed by atoms with Crippen LogP contribution in [0.3, 0.4) is 0 Å². The molecule has 0 N–H and O–H groups in total. The van der Waals surface area contributed by atoms with Gasteiger partial charge in [-0.1, -0.05) is 0 Å². The van der Waals surface area contributed by atoms with Gasteiger partial charge in [0, 0.05) is 0 Å². The van der Waals surface area contributed by atoms with Gasteiger partial charge in [0.2, 0.25) is 0 Å². The molecule has 0 amide bonds. The summed E-state index contributed by atoms with van der Waals surface area (Å²) in [6.07, 6.45) is -15.4. The molecular formula is C8F18OSn. The van der Waals surface area contributed by atoms with Crippen molar-refractivity contribution in [3.63, 3.8) is 0 Å². The van der Waals surface area contributed by atoms with Crippen LogP contribution in [0, 0.1) is 0 Å². The monoisotopic (exact) mass is 574 g/mol. The molecule has 0 atom stereocenters. The first-order valence-electron chi connectivity index (χ1n) is 5.61. The summed E-state index contributed by atoms with van der Waals surface area (Å²) in [6.45, 7) is 0. The quantitative estimate of drug-likeness (QED) is 0.307. The van der Waals surface area contributed by atoms with Crippen molar-refractivity contribution in [2.45, 2.75) is 43.9 Å². The molecule has 20 heteroatoms. The van der Waals surface area contributed by atoms with Crippen LogP contribution in [0.1, 0.15) is 0 Å². The fraction of sp³-hybridized carbons (Fsp3) is 1.00. The van der Waals surface area contributed by atoms with Crippen LogP contribution in [-0.2, 0) is 3.08 Å². The van der Waals surface area contributed by atoms with E-state index in [0.29, 0.717) is 0 Å². The molecule has 0 aromatic carbocycles. The Morgan fingerprint density at radius 3 is 0.679 bits per heavy atom. The summed E-state index contributed by atoms with van der Waals surface area (Å²) in [5, 5.41) is 0. The summed E-state index contributed by atoms with van der Waals surface area (Å²) in [5.41, 5.74) is 0. The number of alkyl halides is 18. The van der Waals surface area contributed by atoms with E-state index >= 15 is 0 Å². The van der Waals surface area contributed by atoms with Gasteiger partial charge in [-0.25, -0.2) is 0 Å². The molecule has 168 valence electrons. The van der Waals surface area contributed by atoms with Gasteiger partial charge in [0.05, 0.1) is 0 Å². The Morgan fingerprint density at radius 1 is 0.357 bits per heavy atom. The summed E-state index contributed by atoms with van der Waals surface area (Å²) in [7, 11) is 0. The van der Waals surface area contributed by atoms with Crippen LogP contribution in [0.5, 0.6) is 0 Å². The van der Waals surface area contributed by atoms with Crippen LogP contribution >= 0.6 is 0 Å². The van der Waals surface area contributed by atoms with Gasteiger partial charge in [-0.15, -0.1) is 0 Å². The molecule has 0 aromatic rings. The van der Waals surface area contributed by atoms with E-state index in [9.17, 15) is 82.1 Å². The molecule has 0 spiro atoms. The van der Waals surface area contributed by atoms with Crippen molar-refractivity contribution in [1.82, 2.24) is 0 Å². The second-order valence-electron chi connectivity index (χ2n) is 4.77. The van der Waals surface area contributed by atoms with E-state index in [1.54, 1.807) is 0 Å². The number of halogens is 18. The molecule has 1 nitrogen and oxygen atoms in total. The van der Waals surface area contributed by atoms with E-state index in [2.05, 4.69) is 0 Å². The second kappa shape index (κ2) is 6.67. The van der Waals surface area contributed by atoms with Crippen molar-refractivity contribution in [2.24, 2.45) is 0 Å². The van der Waals surface area contributed by atoms with Crippen LogP contribution in [0.2, 0.25) is 0 Å². The first kappa shape index (κ1) is 27.3. The van der Waals surface area contributed by atoms with E-state index in [1.165, 1.54) is 0 Å². The van der Waals surface area contributed by atoms with Crippen LogP contribution < -0.4 is 0 Å². The summed E-state index contributed by atoms with van der Waals surface area (Å²) in [5.74, 6) is -32.4. The average molecular weight is 573 g/mol. The first-order valence-corrected chi connectivity index (χ1v) is 9.63. The van der Waals surface area contributed by atoms with E-state index < -0.39 is 63.7 Å². The molecule has 0 fully saturated rings. The molecular weight excluding hydrogens is 573 g/mol. The molecule has 0 radical (unpaired) electrons. The summed E-state index contributed by atoms with van der Waals surface area (Å²) in [4.78, 5) is 0. The van der Waals surface area contributed by atoms with Crippen molar-refractivity contribution < 1.29 is 82.1 Å². The summed E-state index contributed by atoms with van der Waals surface area (Å²) >= 11 is -9.33. The Morgan fingerprint density at radius 2 is 0.536 bits per heavy atom. The topological polar surface area (TPSA) is 17.1 Å². The Bertz CT molecular complexity index is 558. The summed E-state index contributed by atoms with van der Waals surface area (Å²) < 4.78 is 219. The molecule has 0 unspecified atom stereocenters. The molecule has 0 bridgehead atoms. The molecule has 0 aliphatic carbocycles. The fourth-order valence-electron chi connectivity index (χ4n) is 1.23. The van der Waals surface area contributed by atoms with Gasteiger partial charge in [-0.05, 0) is 0 Å². The van der Waals surface area contributed by atoms with E-state index in [-0.39, 0.29) is 0 Å². The number of hydrogen-bond donors (Lipinski definition) is 0.